The number of hydrogen-bond acceptors (Lipinski definition) is 4. The average Bonchev–Trinajstić information content (AvgIpc) is 2.78. The Kier molecular flexibility index (Phi) is 7.81. The van der Waals surface area contributed by atoms with E-state index >= 15 is 0 Å². The fourth-order valence-electron chi connectivity index (χ4n) is 2.92. The first-order valence-electron chi connectivity index (χ1n) is 9.78. The number of carbonyl (C=O) groups excluding carboxylic acids is 2. The zero-order chi connectivity index (χ0) is 23.1. The van der Waals surface area contributed by atoms with Crippen molar-refractivity contribution in [3.8, 4) is 5.75 Å². The molecule has 0 aromatic heterocycles. The highest BCUT2D eigenvalue weighted by Crippen LogP contribution is 2.22. The van der Waals surface area contributed by atoms with E-state index in [0.29, 0.717) is 21.9 Å². The van der Waals surface area contributed by atoms with Crippen LogP contribution >= 0.6 is 23.8 Å². The summed E-state index contributed by atoms with van der Waals surface area (Å²) >= 11 is 11.2. The van der Waals surface area contributed by atoms with Crippen LogP contribution in [0.25, 0.3) is 0 Å². The zero-order valence-electron chi connectivity index (χ0n) is 17.6. The molecule has 8 heteroatoms. The Morgan fingerprint density at radius 2 is 1.66 bits per heavy atom. The van der Waals surface area contributed by atoms with Crippen molar-refractivity contribution < 1.29 is 14.3 Å². The van der Waals surface area contributed by atoms with E-state index in [2.05, 4.69) is 16.2 Å². The number of anilines is 1. The predicted molar refractivity (Wildman–Crippen MR) is 130 cm³/mol. The average molecular weight is 468 g/mol. The number of aryl methyl sites for hydroxylation is 2. The molecule has 164 valence electrons. The molecule has 0 radical (unpaired) electrons. The number of hydrogen-bond donors (Lipinski definition) is 3. The molecule has 0 fully saturated rings. The number of benzene rings is 3. The van der Waals surface area contributed by atoms with Crippen LogP contribution in [-0.4, -0.2) is 23.4 Å². The van der Waals surface area contributed by atoms with Gasteiger partial charge in [-0.2, -0.15) is 0 Å². The third kappa shape index (κ3) is 6.29. The normalized spacial score (nSPS) is 10.2. The van der Waals surface area contributed by atoms with Crippen LogP contribution in [-0.2, 0) is 4.79 Å². The summed E-state index contributed by atoms with van der Waals surface area (Å²) < 4.78 is 5.58. The molecule has 1 amide bonds. The van der Waals surface area contributed by atoms with Crippen LogP contribution in [0.15, 0.2) is 66.7 Å². The monoisotopic (exact) mass is 467 g/mol. The topological polar surface area (TPSA) is 79.5 Å². The smallest absolute Gasteiger partial charge is 0.276 e. The Labute approximate surface area is 196 Å². The Hall–Kier alpha value is -3.42. The molecule has 0 aliphatic heterocycles. The van der Waals surface area contributed by atoms with Crippen molar-refractivity contribution in [1.29, 1.82) is 0 Å². The maximum atomic E-state index is 12.6. The molecule has 32 heavy (non-hydrogen) atoms. The number of carbonyl (C=O) groups is 2. The zero-order valence-corrected chi connectivity index (χ0v) is 19.1. The van der Waals surface area contributed by atoms with Crippen LogP contribution in [0.3, 0.4) is 0 Å². The summed E-state index contributed by atoms with van der Waals surface area (Å²) in [5.41, 5.74) is 8.75. The lowest BCUT2D eigenvalue weighted by Gasteiger charge is -2.14. The van der Waals surface area contributed by atoms with E-state index in [-0.39, 0.29) is 17.5 Å². The molecule has 0 heterocycles. The number of rotatable bonds is 6. The molecule has 3 aromatic rings. The molecule has 0 aliphatic rings. The van der Waals surface area contributed by atoms with Gasteiger partial charge in [0, 0.05) is 21.8 Å². The number of hydrazine groups is 1. The minimum atomic E-state index is -0.405. The summed E-state index contributed by atoms with van der Waals surface area (Å²) in [4.78, 5) is 24.7. The molecule has 3 aromatic carbocycles. The Bertz CT molecular complexity index is 1170. The Morgan fingerprint density at radius 3 is 2.38 bits per heavy atom. The highest BCUT2D eigenvalue weighted by molar-refractivity contribution is 7.80. The van der Waals surface area contributed by atoms with Gasteiger partial charge in [0.25, 0.3) is 5.91 Å². The number of para-hydroxylation sites is 1. The molecule has 0 unspecified atom stereocenters. The van der Waals surface area contributed by atoms with Crippen LogP contribution in [0.4, 0.5) is 5.69 Å². The van der Waals surface area contributed by atoms with Crippen LogP contribution in [0.1, 0.15) is 27.0 Å². The van der Waals surface area contributed by atoms with Gasteiger partial charge in [-0.3, -0.25) is 20.4 Å². The van der Waals surface area contributed by atoms with Crippen molar-refractivity contribution in [2.75, 3.05) is 11.9 Å². The van der Waals surface area contributed by atoms with Crippen molar-refractivity contribution in [2.24, 2.45) is 0 Å². The summed E-state index contributed by atoms with van der Waals surface area (Å²) in [5.74, 6) is -0.0421. The van der Waals surface area contributed by atoms with Gasteiger partial charge in [-0.25, -0.2) is 0 Å². The van der Waals surface area contributed by atoms with E-state index in [0.717, 1.165) is 16.8 Å². The molecule has 6 nitrogen and oxygen atoms in total. The van der Waals surface area contributed by atoms with E-state index < -0.39 is 5.91 Å². The lowest BCUT2D eigenvalue weighted by atomic mass is 10.0. The molecule has 0 atom stereocenters. The van der Waals surface area contributed by atoms with E-state index in [1.54, 1.807) is 42.5 Å². The highest BCUT2D eigenvalue weighted by atomic mass is 35.5. The lowest BCUT2D eigenvalue weighted by molar-refractivity contribution is -0.123. The maximum Gasteiger partial charge on any atom is 0.276 e. The first-order valence-corrected chi connectivity index (χ1v) is 10.6. The van der Waals surface area contributed by atoms with Crippen LogP contribution < -0.4 is 20.9 Å². The van der Waals surface area contributed by atoms with Crippen molar-refractivity contribution in [3.05, 3.63) is 94.0 Å². The third-order valence-corrected chi connectivity index (χ3v) is 5.03. The second-order valence-electron chi connectivity index (χ2n) is 7.05. The van der Waals surface area contributed by atoms with Gasteiger partial charge in [-0.05, 0) is 73.6 Å². The molecule has 3 N–H and O–H groups in total. The van der Waals surface area contributed by atoms with Gasteiger partial charge in [-0.1, -0.05) is 41.9 Å². The predicted octanol–water partition coefficient (Wildman–Crippen LogP) is 4.58. The fraction of sp³-hybridized carbons (Fsp3) is 0.125. The fourth-order valence-corrected chi connectivity index (χ4v) is 3.27. The second-order valence-corrected chi connectivity index (χ2v) is 7.90. The third-order valence-electron chi connectivity index (χ3n) is 4.59. The van der Waals surface area contributed by atoms with E-state index in [1.165, 1.54) is 0 Å². The van der Waals surface area contributed by atoms with Gasteiger partial charge in [-0.15, -0.1) is 0 Å². The van der Waals surface area contributed by atoms with Crippen LogP contribution in [0.5, 0.6) is 5.75 Å². The molecule has 3 rings (SSSR count). The van der Waals surface area contributed by atoms with Crippen LogP contribution in [0, 0.1) is 13.8 Å². The van der Waals surface area contributed by atoms with Gasteiger partial charge in [0.1, 0.15) is 5.75 Å². The van der Waals surface area contributed by atoms with Crippen molar-refractivity contribution in [2.45, 2.75) is 13.8 Å². The van der Waals surface area contributed by atoms with E-state index in [4.69, 9.17) is 28.6 Å². The minimum Gasteiger partial charge on any atom is -0.483 e. The van der Waals surface area contributed by atoms with Gasteiger partial charge in [0.2, 0.25) is 0 Å². The van der Waals surface area contributed by atoms with Gasteiger partial charge in [0.05, 0.1) is 0 Å². The number of amides is 1. The summed E-state index contributed by atoms with van der Waals surface area (Å²) in [6.07, 6.45) is 0. The Balaban J connectivity index is 1.51. The summed E-state index contributed by atoms with van der Waals surface area (Å²) in [7, 11) is 0. The van der Waals surface area contributed by atoms with Crippen molar-refractivity contribution >= 4 is 46.3 Å². The van der Waals surface area contributed by atoms with Crippen LogP contribution in [0.2, 0.25) is 5.02 Å². The van der Waals surface area contributed by atoms with Gasteiger partial charge < -0.3 is 10.1 Å². The quantitative estimate of drug-likeness (QED) is 0.279. The minimum absolute atomic E-state index is 0.140. The molecule has 0 saturated heterocycles. The molecule has 0 saturated carbocycles. The summed E-state index contributed by atoms with van der Waals surface area (Å²) in [6.45, 7) is 3.54. The largest absolute Gasteiger partial charge is 0.483 e. The molecule has 0 aliphatic carbocycles. The summed E-state index contributed by atoms with van der Waals surface area (Å²) in [5, 5.41) is 3.76. The number of halogens is 1. The molecule has 0 spiro atoms. The van der Waals surface area contributed by atoms with Crippen molar-refractivity contribution in [3.63, 3.8) is 0 Å². The van der Waals surface area contributed by atoms with Crippen molar-refractivity contribution in [1.82, 2.24) is 10.9 Å². The molecule has 0 bridgehead atoms. The summed E-state index contributed by atoms with van der Waals surface area (Å²) in [6, 6.07) is 19.5. The first kappa shape index (κ1) is 23.2. The van der Waals surface area contributed by atoms with Gasteiger partial charge in [0.15, 0.2) is 17.5 Å². The number of ketones is 1. The van der Waals surface area contributed by atoms with E-state index in [9.17, 15) is 9.59 Å². The molecular formula is C24H22ClN3O3S. The highest BCUT2D eigenvalue weighted by Gasteiger charge is 2.12. The number of nitrogens with one attached hydrogen (secondary N) is 3. The number of thiocarbonyl (C=S) groups is 1. The lowest BCUT2D eigenvalue weighted by Crippen LogP contribution is -2.45. The maximum absolute atomic E-state index is 12.6. The standard InChI is InChI=1S/C24H22ClN3O3S/c1-15-6-3-4-9-20(15)26-24(32)28-27-22(29)14-31-21-11-10-18(12-16(21)2)23(30)17-7-5-8-19(25)13-17/h3-13H,14H2,1-2H3,(H,27,29)(H2,26,28,32). The second kappa shape index (κ2) is 10.7. The van der Waals surface area contributed by atoms with Gasteiger partial charge >= 0.3 is 0 Å². The Morgan fingerprint density at radius 1 is 0.906 bits per heavy atom. The number of ether oxygens (including phenoxy) is 1. The SMILES string of the molecule is Cc1ccccc1NC(=S)NNC(=O)COc1ccc(C(=O)c2cccc(Cl)c2)cc1C. The molecular weight excluding hydrogens is 446 g/mol. The van der Waals surface area contributed by atoms with E-state index in [1.807, 2.05) is 38.1 Å². The first-order chi connectivity index (χ1) is 15.3.